The number of ether oxygens (including phenoxy) is 1. The normalized spacial score (nSPS) is 11.0. The van der Waals surface area contributed by atoms with Crippen molar-refractivity contribution in [3.63, 3.8) is 0 Å². The molecule has 2 aromatic heterocycles. The Kier molecular flexibility index (Phi) is 4.50. The van der Waals surface area contributed by atoms with Gasteiger partial charge >= 0.3 is 0 Å². The van der Waals surface area contributed by atoms with Crippen molar-refractivity contribution in [3.8, 4) is 11.4 Å². The van der Waals surface area contributed by atoms with Gasteiger partial charge in [0, 0.05) is 30.9 Å². The van der Waals surface area contributed by atoms with Crippen molar-refractivity contribution in [1.29, 1.82) is 0 Å². The van der Waals surface area contributed by atoms with Gasteiger partial charge in [-0.1, -0.05) is 0 Å². The van der Waals surface area contributed by atoms with Gasteiger partial charge in [-0.05, 0) is 36.9 Å². The first-order valence-electron chi connectivity index (χ1n) is 6.99. The van der Waals surface area contributed by atoms with E-state index in [0.29, 0.717) is 0 Å². The number of thiazole rings is 1. The van der Waals surface area contributed by atoms with Crippen LogP contribution in [0.5, 0.6) is 5.75 Å². The fourth-order valence-electron chi connectivity index (χ4n) is 2.39. The first kappa shape index (κ1) is 14.7. The fraction of sp³-hybridized carbons (Fsp3) is 0.250. The van der Waals surface area contributed by atoms with Crippen LogP contribution in [0.3, 0.4) is 0 Å². The molecule has 0 aliphatic heterocycles. The third-order valence-corrected chi connectivity index (χ3v) is 4.03. The molecule has 0 amide bonds. The maximum atomic E-state index is 5.36. The van der Waals surface area contributed by atoms with Gasteiger partial charge in [-0.25, -0.2) is 9.67 Å². The van der Waals surface area contributed by atoms with Crippen LogP contribution in [-0.4, -0.2) is 33.8 Å². The average Bonchev–Trinajstić information content (AvgIpc) is 3.20. The molecule has 5 nitrogen and oxygen atoms in total. The SMILES string of the molecule is COc1ccc(-n2cccn2)c(CN(C)Cc2cscn2)c1. The largest absolute Gasteiger partial charge is 0.497 e. The fourth-order valence-corrected chi connectivity index (χ4v) is 2.94. The topological polar surface area (TPSA) is 43.2 Å². The second kappa shape index (κ2) is 6.72. The molecule has 0 fully saturated rings. The molecule has 0 saturated carbocycles. The Labute approximate surface area is 133 Å². The zero-order chi connectivity index (χ0) is 15.4. The number of rotatable bonds is 6. The molecule has 0 N–H and O–H groups in total. The summed E-state index contributed by atoms with van der Waals surface area (Å²) in [5, 5.41) is 6.41. The van der Waals surface area contributed by atoms with Crippen molar-refractivity contribution in [3.05, 3.63) is 58.8 Å². The van der Waals surface area contributed by atoms with Crippen LogP contribution in [0, 0.1) is 0 Å². The molecule has 0 bridgehead atoms. The van der Waals surface area contributed by atoms with Crippen molar-refractivity contribution >= 4 is 11.3 Å². The minimum Gasteiger partial charge on any atom is -0.497 e. The summed E-state index contributed by atoms with van der Waals surface area (Å²) in [5.41, 5.74) is 5.19. The van der Waals surface area contributed by atoms with E-state index in [1.54, 1.807) is 24.6 Å². The van der Waals surface area contributed by atoms with Gasteiger partial charge in [-0.15, -0.1) is 11.3 Å². The molecule has 2 heterocycles. The van der Waals surface area contributed by atoms with Crippen LogP contribution in [0.1, 0.15) is 11.3 Å². The number of nitrogens with zero attached hydrogens (tertiary/aromatic N) is 4. The van der Waals surface area contributed by atoms with Crippen molar-refractivity contribution in [2.45, 2.75) is 13.1 Å². The van der Waals surface area contributed by atoms with Crippen molar-refractivity contribution < 1.29 is 4.74 Å². The lowest BCUT2D eigenvalue weighted by Gasteiger charge is -2.18. The summed E-state index contributed by atoms with van der Waals surface area (Å²) in [5.74, 6) is 0.855. The quantitative estimate of drug-likeness (QED) is 0.701. The molecular weight excluding hydrogens is 296 g/mol. The molecule has 0 spiro atoms. The molecule has 0 aliphatic carbocycles. The minimum atomic E-state index is 0.796. The number of hydrogen-bond donors (Lipinski definition) is 0. The van der Waals surface area contributed by atoms with Gasteiger partial charge in [0.15, 0.2) is 0 Å². The van der Waals surface area contributed by atoms with Crippen LogP contribution in [0.4, 0.5) is 0 Å². The van der Waals surface area contributed by atoms with E-state index in [1.165, 1.54) is 5.56 Å². The Hall–Kier alpha value is -2.18. The summed E-state index contributed by atoms with van der Waals surface area (Å²) in [6, 6.07) is 7.99. The molecule has 0 aliphatic rings. The Balaban J connectivity index is 1.84. The summed E-state index contributed by atoms with van der Waals surface area (Å²) in [6.45, 7) is 1.61. The highest BCUT2D eigenvalue weighted by atomic mass is 32.1. The van der Waals surface area contributed by atoms with Gasteiger partial charge in [0.05, 0.1) is 24.0 Å². The van der Waals surface area contributed by atoms with Crippen LogP contribution in [0.2, 0.25) is 0 Å². The lowest BCUT2D eigenvalue weighted by molar-refractivity contribution is 0.314. The van der Waals surface area contributed by atoms with Gasteiger partial charge in [-0.3, -0.25) is 4.90 Å². The van der Waals surface area contributed by atoms with E-state index in [2.05, 4.69) is 33.5 Å². The summed E-state index contributed by atoms with van der Waals surface area (Å²) in [7, 11) is 3.78. The average molecular weight is 314 g/mol. The number of benzene rings is 1. The van der Waals surface area contributed by atoms with E-state index in [0.717, 1.165) is 30.2 Å². The summed E-state index contributed by atoms with van der Waals surface area (Å²) in [4.78, 5) is 6.57. The van der Waals surface area contributed by atoms with Crippen LogP contribution in [0.25, 0.3) is 5.69 Å². The van der Waals surface area contributed by atoms with Gasteiger partial charge in [0.1, 0.15) is 5.75 Å². The highest BCUT2D eigenvalue weighted by molar-refractivity contribution is 7.07. The Bertz CT molecular complexity index is 710. The minimum absolute atomic E-state index is 0.796. The van der Waals surface area contributed by atoms with Gasteiger partial charge in [0.2, 0.25) is 0 Å². The molecule has 0 radical (unpaired) electrons. The number of methoxy groups -OCH3 is 1. The van der Waals surface area contributed by atoms with Gasteiger partial charge in [0.25, 0.3) is 0 Å². The second-order valence-electron chi connectivity index (χ2n) is 5.10. The third kappa shape index (κ3) is 3.35. The Morgan fingerprint density at radius 1 is 1.32 bits per heavy atom. The number of hydrogen-bond acceptors (Lipinski definition) is 5. The van der Waals surface area contributed by atoms with E-state index in [9.17, 15) is 0 Å². The monoisotopic (exact) mass is 314 g/mol. The van der Waals surface area contributed by atoms with E-state index in [4.69, 9.17) is 4.74 Å². The smallest absolute Gasteiger partial charge is 0.119 e. The van der Waals surface area contributed by atoms with Crippen molar-refractivity contribution in [2.24, 2.45) is 0 Å². The lowest BCUT2D eigenvalue weighted by atomic mass is 10.1. The molecule has 3 rings (SSSR count). The summed E-state index contributed by atoms with van der Waals surface area (Å²) < 4.78 is 7.24. The molecule has 1 aromatic carbocycles. The number of aromatic nitrogens is 3. The third-order valence-electron chi connectivity index (χ3n) is 3.39. The van der Waals surface area contributed by atoms with E-state index in [1.807, 2.05) is 34.6 Å². The van der Waals surface area contributed by atoms with Gasteiger partial charge < -0.3 is 4.74 Å². The van der Waals surface area contributed by atoms with Crippen molar-refractivity contribution in [1.82, 2.24) is 19.7 Å². The summed E-state index contributed by atoms with van der Waals surface area (Å²) >= 11 is 1.62. The van der Waals surface area contributed by atoms with Crippen LogP contribution in [-0.2, 0) is 13.1 Å². The predicted molar refractivity (Wildman–Crippen MR) is 87.4 cm³/mol. The van der Waals surface area contributed by atoms with E-state index < -0.39 is 0 Å². The second-order valence-corrected chi connectivity index (χ2v) is 5.82. The lowest BCUT2D eigenvalue weighted by Crippen LogP contribution is -2.18. The first-order valence-corrected chi connectivity index (χ1v) is 7.93. The maximum absolute atomic E-state index is 5.36. The van der Waals surface area contributed by atoms with E-state index in [-0.39, 0.29) is 0 Å². The Morgan fingerprint density at radius 2 is 2.23 bits per heavy atom. The predicted octanol–water partition coefficient (Wildman–Crippen LogP) is 2.97. The molecule has 0 saturated heterocycles. The molecule has 114 valence electrons. The van der Waals surface area contributed by atoms with Gasteiger partial charge in [-0.2, -0.15) is 5.10 Å². The summed E-state index contributed by atoms with van der Waals surface area (Å²) in [6.07, 6.45) is 3.73. The zero-order valence-electron chi connectivity index (χ0n) is 12.6. The molecule has 22 heavy (non-hydrogen) atoms. The zero-order valence-corrected chi connectivity index (χ0v) is 13.5. The highest BCUT2D eigenvalue weighted by Gasteiger charge is 2.10. The molecule has 0 atom stereocenters. The Morgan fingerprint density at radius 3 is 2.91 bits per heavy atom. The molecule has 6 heteroatoms. The van der Waals surface area contributed by atoms with Crippen LogP contribution in [0.15, 0.2) is 47.5 Å². The highest BCUT2D eigenvalue weighted by Crippen LogP contribution is 2.22. The molecule has 0 unspecified atom stereocenters. The maximum Gasteiger partial charge on any atom is 0.119 e. The molecule has 3 aromatic rings. The first-order chi connectivity index (χ1) is 10.8. The van der Waals surface area contributed by atoms with Crippen molar-refractivity contribution in [2.75, 3.05) is 14.2 Å². The van der Waals surface area contributed by atoms with Crippen LogP contribution < -0.4 is 4.74 Å². The molecular formula is C16H18N4OS. The van der Waals surface area contributed by atoms with Crippen LogP contribution >= 0.6 is 11.3 Å². The van der Waals surface area contributed by atoms with E-state index >= 15 is 0 Å². The standard InChI is InChI=1S/C16H18N4OS/c1-19(10-14-11-22-12-17-14)9-13-8-15(21-2)4-5-16(13)20-7-3-6-18-20/h3-8,11-12H,9-10H2,1-2H3.